The fraction of sp³-hybridized carbons (Fsp3) is 0.231. The average Bonchev–Trinajstić information content (AvgIpc) is 2.49. The molecule has 2 unspecified atom stereocenters. The van der Waals surface area contributed by atoms with Crippen LogP contribution in [0.1, 0.15) is 5.56 Å². The molecule has 4 nitrogen and oxygen atoms in total. The van der Waals surface area contributed by atoms with Crippen LogP contribution >= 0.6 is 0 Å². The highest BCUT2D eigenvalue weighted by Crippen LogP contribution is 2.51. The molecule has 2 rings (SSSR count). The van der Waals surface area contributed by atoms with Gasteiger partial charge >= 0.3 is 0 Å². The van der Waals surface area contributed by atoms with Gasteiger partial charge in [0.25, 0.3) is 0 Å². The summed E-state index contributed by atoms with van der Waals surface area (Å²) < 4.78 is 111. The Morgan fingerprint density at radius 3 is 2.21 bits per heavy atom. The van der Waals surface area contributed by atoms with Crippen LogP contribution in [0.2, 0.25) is 0 Å². The monoisotopic (exact) mass is 373 g/mol. The van der Waals surface area contributed by atoms with Crippen molar-refractivity contribution >= 4 is 10.0 Å². The lowest BCUT2D eigenvalue weighted by Gasteiger charge is -2.32. The van der Waals surface area contributed by atoms with Crippen LogP contribution in [0, 0.1) is 5.82 Å². The zero-order valence-corrected chi connectivity index (χ0v) is 12.6. The van der Waals surface area contributed by atoms with Gasteiger partial charge in [-0.2, -0.15) is 0 Å². The van der Waals surface area contributed by atoms with E-state index < -0.39 is 61.4 Å². The molecule has 0 saturated heterocycles. The predicted molar refractivity (Wildman–Crippen MR) is 71.1 cm³/mol. The molecule has 0 amide bonds. The summed E-state index contributed by atoms with van der Waals surface area (Å²) in [6, 6.07) is 1.67. The van der Waals surface area contributed by atoms with Crippen molar-refractivity contribution in [2.24, 2.45) is 5.14 Å². The van der Waals surface area contributed by atoms with Crippen molar-refractivity contribution in [2.75, 3.05) is 7.11 Å². The summed E-state index contributed by atoms with van der Waals surface area (Å²) in [5.74, 6) is -9.33. The maximum absolute atomic E-state index is 14.9. The van der Waals surface area contributed by atoms with E-state index >= 15 is 0 Å². The Kier molecular flexibility index (Phi) is 4.44. The van der Waals surface area contributed by atoms with E-state index in [4.69, 9.17) is 0 Å². The molecule has 2 atom stereocenters. The van der Waals surface area contributed by atoms with Crippen LogP contribution in [0.25, 0.3) is 0 Å². The zero-order valence-electron chi connectivity index (χ0n) is 11.8. The summed E-state index contributed by atoms with van der Waals surface area (Å²) in [6.45, 7) is 0. The summed E-state index contributed by atoms with van der Waals surface area (Å²) in [6.07, 6.45) is -3.57. The van der Waals surface area contributed by atoms with Gasteiger partial charge in [-0.05, 0) is 12.1 Å². The molecule has 0 radical (unpaired) electrons. The second-order valence-electron chi connectivity index (χ2n) is 4.77. The van der Waals surface area contributed by atoms with Gasteiger partial charge in [0.15, 0.2) is 35.2 Å². The number of allylic oxidation sites excluding steroid dienone is 4. The second-order valence-corrected chi connectivity index (χ2v) is 6.30. The lowest BCUT2D eigenvalue weighted by Crippen LogP contribution is -2.41. The van der Waals surface area contributed by atoms with Gasteiger partial charge in [-0.15, -0.1) is 0 Å². The van der Waals surface area contributed by atoms with Crippen molar-refractivity contribution in [3.05, 3.63) is 52.0 Å². The molecule has 0 aliphatic heterocycles. The maximum Gasteiger partial charge on any atom is 0.240 e. The number of hydrogen-bond donors (Lipinski definition) is 1. The number of ether oxygens (including phenoxy) is 1. The van der Waals surface area contributed by atoms with E-state index in [0.29, 0.717) is 6.07 Å². The standard InChI is InChI=1S/C13H9F6NO3S/c1-23-7-3-2-5(4-6(7)14)13(19)11(17)9(16)8(15)10(12(13)18)24(20,21)22/h2-4,12H,1H3,(H2,20,21,22). The van der Waals surface area contributed by atoms with Crippen LogP contribution in [-0.2, 0) is 15.7 Å². The third-order valence-corrected chi connectivity index (χ3v) is 4.38. The Bertz CT molecular complexity index is 866. The minimum atomic E-state index is -5.25. The molecule has 0 spiro atoms. The summed E-state index contributed by atoms with van der Waals surface area (Å²) in [4.78, 5) is -2.11. The molecule has 1 aliphatic rings. The average molecular weight is 373 g/mol. The highest BCUT2D eigenvalue weighted by molar-refractivity contribution is 7.93. The van der Waals surface area contributed by atoms with Crippen molar-refractivity contribution in [3.63, 3.8) is 0 Å². The van der Waals surface area contributed by atoms with Gasteiger partial charge in [0.2, 0.25) is 15.7 Å². The first-order valence-corrected chi connectivity index (χ1v) is 7.66. The Labute approximate surface area is 132 Å². The van der Waals surface area contributed by atoms with E-state index in [0.717, 1.165) is 13.2 Å². The lowest BCUT2D eigenvalue weighted by atomic mass is 9.85. The van der Waals surface area contributed by atoms with Crippen molar-refractivity contribution in [3.8, 4) is 5.75 Å². The topological polar surface area (TPSA) is 69.4 Å². The smallest absolute Gasteiger partial charge is 0.240 e. The van der Waals surface area contributed by atoms with Gasteiger partial charge in [0.1, 0.15) is 4.91 Å². The molecular formula is C13H9F6NO3S. The number of nitrogens with two attached hydrogens (primary N) is 1. The fourth-order valence-electron chi connectivity index (χ4n) is 2.20. The molecule has 132 valence electrons. The predicted octanol–water partition coefficient (Wildman–Crippen LogP) is 2.97. The first kappa shape index (κ1) is 18.3. The van der Waals surface area contributed by atoms with Crippen molar-refractivity contribution in [1.82, 2.24) is 0 Å². The molecule has 11 heteroatoms. The van der Waals surface area contributed by atoms with Crippen LogP contribution in [0.4, 0.5) is 26.3 Å². The second kappa shape index (κ2) is 5.81. The number of rotatable bonds is 3. The highest BCUT2D eigenvalue weighted by atomic mass is 32.2. The summed E-state index contributed by atoms with van der Waals surface area (Å²) in [5.41, 5.74) is -5.26. The van der Waals surface area contributed by atoms with E-state index in [1.807, 2.05) is 0 Å². The quantitative estimate of drug-likeness (QED) is 0.829. The number of hydrogen-bond acceptors (Lipinski definition) is 3. The highest BCUT2D eigenvalue weighted by Gasteiger charge is 2.57. The maximum atomic E-state index is 14.9. The summed E-state index contributed by atoms with van der Waals surface area (Å²) in [5, 5.41) is 4.54. The largest absolute Gasteiger partial charge is 0.494 e. The number of benzene rings is 1. The molecule has 0 bridgehead atoms. The molecule has 1 aromatic carbocycles. The number of primary sulfonamides is 1. The normalized spacial score (nSPS) is 25.2. The van der Waals surface area contributed by atoms with E-state index in [-0.39, 0.29) is 6.07 Å². The van der Waals surface area contributed by atoms with E-state index in [1.165, 1.54) is 0 Å². The van der Waals surface area contributed by atoms with E-state index in [2.05, 4.69) is 9.88 Å². The molecule has 0 aromatic heterocycles. The SMILES string of the molecule is COc1ccc(C2(F)C(F)=C(F)C(F)=C(S(N)(=O)=O)C2F)cc1F. The van der Waals surface area contributed by atoms with Crippen molar-refractivity contribution in [2.45, 2.75) is 11.8 Å². The first-order chi connectivity index (χ1) is 11.0. The van der Waals surface area contributed by atoms with Crippen LogP contribution in [0.3, 0.4) is 0 Å². The number of halogens is 6. The Morgan fingerprint density at radius 2 is 1.75 bits per heavy atom. The first-order valence-electron chi connectivity index (χ1n) is 6.11. The molecule has 24 heavy (non-hydrogen) atoms. The molecule has 1 aliphatic carbocycles. The Balaban J connectivity index is 2.76. The lowest BCUT2D eigenvalue weighted by molar-refractivity contribution is 0.0730. The van der Waals surface area contributed by atoms with Crippen molar-refractivity contribution < 1.29 is 39.5 Å². The van der Waals surface area contributed by atoms with Crippen LogP contribution in [-0.4, -0.2) is 21.7 Å². The zero-order chi connectivity index (χ0) is 18.4. The third kappa shape index (κ3) is 2.57. The molecule has 0 fully saturated rings. The van der Waals surface area contributed by atoms with E-state index in [9.17, 15) is 34.8 Å². The van der Waals surface area contributed by atoms with Crippen LogP contribution < -0.4 is 9.88 Å². The molecule has 0 saturated carbocycles. The van der Waals surface area contributed by atoms with Gasteiger partial charge in [-0.25, -0.2) is 39.9 Å². The van der Waals surface area contributed by atoms with Gasteiger partial charge in [-0.1, -0.05) is 6.07 Å². The minimum Gasteiger partial charge on any atom is -0.494 e. The third-order valence-electron chi connectivity index (χ3n) is 3.38. The Morgan fingerprint density at radius 1 is 1.17 bits per heavy atom. The van der Waals surface area contributed by atoms with E-state index in [1.54, 1.807) is 0 Å². The number of sulfonamides is 1. The minimum absolute atomic E-state index is 0.266. The Hall–Kier alpha value is -2.01. The number of methoxy groups -OCH3 is 1. The number of alkyl halides is 2. The summed E-state index contributed by atoms with van der Waals surface area (Å²) in [7, 11) is -4.20. The molecule has 0 heterocycles. The van der Waals surface area contributed by atoms with Crippen molar-refractivity contribution in [1.29, 1.82) is 0 Å². The van der Waals surface area contributed by atoms with Gasteiger partial charge < -0.3 is 4.74 Å². The fourth-order valence-corrected chi connectivity index (χ4v) is 2.99. The summed E-state index contributed by atoms with van der Waals surface area (Å²) >= 11 is 0. The van der Waals surface area contributed by atoms with Crippen LogP contribution in [0.15, 0.2) is 40.6 Å². The molecular weight excluding hydrogens is 364 g/mol. The van der Waals surface area contributed by atoms with Gasteiger partial charge in [0.05, 0.1) is 7.11 Å². The van der Waals surface area contributed by atoms with Crippen LogP contribution in [0.5, 0.6) is 5.75 Å². The molecule has 2 N–H and O–H groups in total. The van der Waals surface area contributed by atoms with Gasteiger partial charge in [0, 0.05) is 5.56 Å². The van der Waals surface area contributed by atoms with Gasteiger partial charge in [-0.3, -0.25) is 0 Å². The molecule has 1 aromatic rings.